The maximum absolute atomic E-state index is 12.7. The number of fused-ring (bicyclic) bond motifs is 1. The topological polar surface area (TPSA) is 111 Å². The maximum Gasteiger partial charge on any atom is 0.222 e. The number of halogens is 3. The van der Waals surface area contributed by atoms with Gasteiger partial charge in [0.1, 0.15) is 5.75 Å². The van der Waals surface area contributed by atoms with Crippen LogP contribution in [0.25, 0.3) is 0 Å². The van der Waals surface area contributed by atoms with Gasteiger partial charge in [-0.15, -0.1) is 0 Å². The number of carbonyl (C=O) groups is 1. The molecule has 1 aliphatic rings. The first-order chi connectivity index (χ1) is 16.2. The van der Waals surface area contributed by atoms with Crippen molar-refractivity contribution in [1.29, 1.82) is 0 Å². The Hall–Kier alpha value is -1.55. The summed E-state index contributed by atoms with van der Waals surface area (Å²) in [6.45, 7) is 7.23. The normalized spacial score (nSPS) is 16.8. The molecule has 11 heteroatoms. The Morgan fingerprint density at radius 3 is 2.51 bits per heavy atom. The quantitative estimate of drug-likeness (QED) is 0.431. The molecule has 2 aromatic rings. The molecule has 3 rings (SSSR count). The van der Waals surface area contributed by atoms with E-state index < -0.39 is 21.6 Å². The number of sulfone groups is 1. The van der Waals surface area contributed by atoms with E-state index in [0.29, 0.717) is 30.3 Å². The highest BCUT2D eigenvalue weighted by atomic mass is 35.5. The molecule has 2 unspecified atom stereocenters. The van der Waals surface area contributed by atoms with Gasteiger partial charge in [0.05, 0.1) is 33.3 Å². The number of hydrogen-bond donors (Lipinski definition) is 3. The Bertz CT molecular complexity index is 1200. The summed E-state index contributed by atoms with van der Waals surface area (Å²) >= 11 is 18.3. The fourth-order valence-electron chi connectivity index (χ4n) is 3.69. The zero-order valence-electron chi connectivity index (χ0n) is 19.8. The van der Waals surface area contributed by atoms with Crippen molar-refractivity contribution < 1.29 is 17.9 Å². The average Bonchev–Trinajstić information content (AvgIpc) is 2.73. The minimum atomic E-state index is -3.74. The van der Waals surface area contributed by atoms with Crippen molar-refractivity contribution in [3.63, 3.8) is 0 Å². The van der Waals surface area contributed by atoms with Crippen molar-refractivity contribution >= 4 is 50.5 Å². The lowest BCUT2D eigenvalue weighted by Gasteiger charge is -2.28. The highest BCUT2D eigenvalue weighted by molar-refractivity contribution is 7.91. The van der Waals surface area contributed by atoms with E-state index in [0.717, 1.165) is 11.1 Å². The molecule has 0 saturated carbocycles. The molecule has 0 aliphatic carbocycles. The molecule has 7 nitrogen and oxygen atoms in total. The van der Waals surface area contributed by atoms with E-state index in [1.165, 1.54) is 18.2 Å². The largest absolute Gasteiger partial charge is 0.493 e. The molecule has 0 saturated heterocycles. The second-order valence-corrected chi connectivity index (χ2v) is 12.9. The molecule has 1 amide bonds. The van der Waals surface area contributed by atoms with Crippen LogP contribution in [-0.2, 0) is 21.2 Å². The van der Waals surface area contributed by atoms with Gasteiger partial charge in [0.15, 0.2) is 9.84 Å². The van der Waals surface area contributed by atoms with Crippen molar-refractivity contribution in [2.45, 2.75) is 62.7 Å². The van der Waals surface area contributed by atoms with Gasteiger partial charge < -0.3 is 21.1 Å². The Morgan fingerprint density at radius 1 is 1.14 bits per heavy atom. The van der Waals surface area contributed by atoms with Crippen LogP contribution in [0.3, 0.4) is 0 Å². The van der Waals surface area contributed by atoms with Crippen LogP contribution in [0.2, 0.25) is 15.1 Å². The third kappa shape index (κ3) is 7.71. The molecule has 0 bridgehead atoms. The smallest absolute Gasteiger partial charge is 0.222 e. The van der Waals surface area contributed by atoms with Gasteiger partial charge in [0.25, 0.3) is 0 Å². The zero-order chi connectivity index (χ0) is 26.0. The van der Waals surface area contributed by atoms with Crippen molar-refractivity contribution in [3.05, 3.63) is 56.5 Å². The lowest BCUT2D eigenvalue weighted by molar-refractivity contribution is -0.122. The third-order valence-electron chi connectivity index (χ3n) is 5.49. The molecule has 192 valence electrons. The maximum atomic E-state index is 12.7. The predicted octanol–water partition coefficient (Wildman–Crippen LogP) is 4.67. The van der Waals surface area contributed by atoms with Crippen molar-refractivity contribution in [2.75, 3.05) is 12.4 Å². The van der Waals surface area contributed by atoms with Crippen molar-refractivity contribution in [1.82, 2.24) is 10.6 Å². The number of nitrogens with one attached hydrogen (secondary N) is 2. The van der Waals surface area contributed by atoms with Crippen LogP contribution in [0.4, 0.5) is 0 Å². The predicted molar refractivity (Wildman–Crippen MR) is 140 cm³/mol. The summed E-state index contributed by atoms with van der Waals surface area (Å²) in [5.74, 6) is -0.0870. The Kier molecular flexibility index (Phi) is 9.00. The van der Waals surface area contributed by atoms with Gasteiger partial charge in [-0.25, -0.2) is 8.42 Å². The fourth-order valence-corrected chi connectivity index (χ4v) is 5.74. The van der Waals surface area contributed by atoms with Gasteiger partial charge in [-0.05, 0) is 56.7 Å². The monoisotopic (exact) mass is 561 g/mol. The number of nitrogens with two attached hydrogens (primary N) is 1. The molecule has 2 aromatic carbocycles. The molecule has 0 aromatic heterocycles. The second kappa shape index (κ2) is 11.2. The molecular formula is C24H30Cl3N3O4S. The lowest BCUT2D eigenvalue weighted by Crippen LogP contribution is -2.39. The van der Waals surface area contributed by atoms with E-state index in [4.69, 9.17) is 45.3 Å². The first-order valence-electron chi connectivity index (χ1n) is 11.2. The first-order valence-corrected chi connectivity index (χ1v) is 14.0. The molecule has 1 aliphatic heterocycles. The van der Waals surface area contributed by atoms with E-state index in [1.807, 2.05) is 12.1 Å². The first kappa shape index (κ1) is 28.0. The number of benzene rings is 2. The lowest BCUT2D eigenvalue weighted by atomic mass is 9.98. The fraction of sp³-hybridized carbons (Fsp3) is 0.458. The molecule has 4 N–H and O–H groups in total. The third-order valence-corrected chi connectivity index (χ3v) is 8.42. The summed E-state index contributed by atoms with van der Waals surface area (Å²) in [6.07, 6.45) is 0.403. The zero-order valence-corrected chi connectivity index (χ0v) is 22.9. The Morgan fingerprint density at radius 2 is 1.86 bits per heavy atom. The number of carbonyl (C=O) groups excluding carboxylic acids is 1. The highest BCUT2D eigenvalue weighted by Crippen LogP contribution is 2.36. The van der Waals surface area contributed by atoms with Gasteiger partial charge in [-0.1, -0.05) is 34.8 Å². The van der Waals surface area contributed by atoms with Gasteiger partial charge in [0.2, 0.25) is 5.91 Å². The van der Waals surface area contributed by atoms with Crippen molar-refractivity contribution in [2.24, 2.45) is 5.73 Å². The highest BCUT2D eigenvalue weighted by Gasteiger charge is 2.27. The van der Waals surface area contributed by atoms with E-state index in [1.54, 1.807) is 0 Å². The minimum Gasteiger partial charge on any atom is -0.493 e. The van der Waals surface area contributed by atoms with Crippen molar-refractivity contribution in [3.8, 4) is 5.75 Å². The summed E-state index contributed by atoms with van der Waals surface area (Å²) in [5.41, 5.74) is 7.65. The molecule has 0 spiro atoms. The average molecular weight is 563 g/mol. The van der Waals surface area contributed by atoms with Crippen LogP contribution in [0.5, 0.6) is 5.75 Å². The number of rotatable bonds is 8. The summed E-state index contributed by atoms with van der Waals surface area (Å²) in [7, 11) is -3.74. The molecule has 0 fully saturated rings. The molecule has 2 atom stereocenters. The van der Waals surface area contributed by atoms with Gasteiger partial charge in [0, 0.05) is 41.6 Å². The van der Waals surface area contributed by atoms with Crippen LogP contribution in [-0.4, -0.2) is 38.3 Å². The van der Waals surface area contributed by atoms with E-state index >= 15 is 0 Å². The van der Waals surface area contributed by atoms with E-state index in [9.17, 15) is 13.2 Å². The number of hydrogen-bond acceptors (Lipinski definition) is 6. The van der Waals surface area contributed by atoms with Gasteiger partial charge >= 0.3 is 0 Å². The van der Waals surface area contributed by atoms with Crippen LogP contribution in [0.15, 0.2) is 35.2 Å². The Labute approximate surface area is 221 Å². The van der Waals surface area contributed by atoms with E-state index in [-0.39, 0.29) is 38.8 Å². The van der Waals surface area contributed by atoms with Crippen LogP contribution < -0.4 is 21.1 Å². The molecular weight excluding hydrogens is 533 g/mol. The minimum absolute atomic E-state index is 0.00695. The summed E-state index contributed by atoms with van der Waals surface area (Å²) < 4.78 is 31.2. The van der Waals surface area contributed by atoms with Gasteiger partial charge in [-0.3, -0.25) is 4.79 Å². The number of ether oxygens (including phenoxy) is 1. The SMILES string of the molecule is CC(C)(C)NCc1cc2c(cc1Cl)C(NC(=O)CC(N)CS(=O)(=O)c1ccc(Cl)c(Cl)c1)CCO2. The summed E-state index contributed by atoms with van der Waals surface area (Å²) in [5, 5.41) is 7.31. The van der Waals surface area contributed by atoms with Crippen LogP contribution >= 0.6 is 34.8 Å². The van der Waals surface area contributed by atoms with Gasteiger partial charge in [-0.2, -0.15) is 0 Å². The second-order valence-electron chi connectivity index (χ2n) is 9.66. The molecule has 1 heterocycles. The summed E-state index contributed by atoms with van der Waals surface area (Å²) in [6, 6.07) is 6.55. The van der Waals surface area contributed by atoms with E-state index in [2.05, 4.69) is 31.4 Å². The van der Waals surface area contributed by atoms with Crippen LogP contribution in [0.1, 0.15) is 50.8 Å². The molecule has 35 heavy (non-hydrogen) atoms. The standard InChI is InChI=1S/C24H30Cl3N3O4S/c1-24(2,3)29-12-14-8-22-17(11-19(14)26)21(6-7-34-22)30-23(31)9-15(28)13-35(32,33)16-4-5-18(25)20(27)10-16/h4-5,8,10-11,15,21,29H,6-7,9,12-13,28H2,1-3H3,(H,30,31). The number of amides is 1. The molecule has 0 radical (unpaired) electrons. The summed E-state index contributed by atoms with van der Waals surface area (Å²) in [4.78, 5) is 12.7. The van der Waals surface area contributed by atoms with Crippen LogP contribution in [0, 0.1) is 0 Å². The Balaban J connectivity index is 1.64.